The molecule has 26 heavy (non-hydrogen) atoms. The Bertz CT molecular complexity index is 635. The van der Waals surface area contributed by atoms with E-state index in [9.17, 15) is 19.8 Å². The second-order valence-corrected chi connectivity index (χ2v) is 7.22. The average Bonchev–Trinajstić information content (AvgIpc) is 2.55. The van der Waals surface area contributed by atoms with Gasteiger partial charge in [0.2, 0.25) is 0 Å². The third-order valence-electron chi connectivity index (χ3n) is 5.85. The third-order valence-corrected chi connectivity index (χ3v) is 5.85. The molecule has 0 saturated carbocycles. The van der Waals surface area contributed by atoms with Crippen LogP contribution < -0.4 is 0 Å². The lowest BCUT2D eigenvalue weighted by atomic mass is 9.81. The van der Waals surface area contributed by atoms with Crippen molar-refractivity contribution in [1.82, 2.24) is 0 Å². The van der Waals surface area contributed by atoms with Crippen LogP contribution in [-0.2, 0) is 22.3 Å². The molecule has 3 rings (SSSR count). The maximum absolute atomic E-state index is 11.8. The minimum absolute atomic E-state index is 0.0508. The second kappa shape index (κ2) is 7.76. The van der Waals surface area contributed by atoms with E-state index in [1.54, 1.807) is 0 Å². The Hall–Kier alpha value is -1.92. The quantitative estimate of drug-likeness (QED) is 0.738. The largest absolute Gasteiger partial charge is 0.478 e. The van der Waals surface area contributed by atoms with E-state index in [1.807, 2.05) is 0 Å². The molecule has 2 fully saturated rings. The monoisotopic (exact) mass is 362 g/mol. The fraction of sp³-hybridized carbons (Fsp3) is 0.600. The highest BCUT2D eigenvalue weighted by Crippen LogP contribution is 2.34. The number of hydrogen-bond donors (Lipinski definition) is 2. The fourth-order valence-electron chi connectivity index (χ4n) is 3.91. The van der Waals surface area contributed by atoms with Gasteiger partial charge in [-0.2, -0.15) is 0 Å². The number of hydrogen-bond acceptors (Lipinski definition) is 4. The first-order valence-electron chi connectivity index (χ1n) is 9.30. The first kappa shape index (κ1) is 18.9. The van der Waals surface area contributed by atoms with Crippen molar-refractivity contribution in [2.24, 2.45) is 11.8 Å². The summed E-state index contributed by atoms with van der Waals surface area (Å²) in [6, 6.07) is 2.81. The molecule has 1 aromatic carbocycles. The van der Waals surface area contributed by atoms with Gasteiger partial charge in [0.1, 0.15) is 0 Å². The van der Waals surface area contributed by atoms with E-state index >= 15 is 0 Å². The Balaban J connectivity index is 2.00. The van der Waals surface area contributed by atoms with Gasteiger partial charge in [0, 0.05) is 24.7 Å². The summed E-state index contributed by atoms with van der Waals surface area (Å²) >= 11 is 0. The highest BCUT2D eigenvalue weighted by atomic mass is 16.5. The van der Waals surface area contributed by atoms with Gasteiger partial charge in [-0.25, -0.2) is 9.59 Å². The predicted molar refractivity (Wildman–Crippen MR) is 94.8 cm³/mol. The van der Waals surface area contributed by atoms with Crippen LogP contribution in [0.4, 0.5) is 0 Å². The van der Waals surface area contributed by atoms with Crippen molar-refractivity contribution in [3.8, 4) is 0 Å². The Morgan fingerprint density at radius 3 is 1.50 bits per heavy atom. The molecule has 6 nitrogen and oxygen atoms in total. The van der Waals surface area contributed by atoms with Gasteiger partial charge in [0.05, 0.1) is 36.5 Å². The first-order chi connectivity index (χ1) is 12.5. The van der Waals surface area contributed by atoms with Gasteiger partial charge in [0.15, 0.2) is 0 Å². The average molecular weight is 362 g/mol. The van der Waals surface area contributed by atoms with Crippen LogP contribution in [0.1, 0.15) is 58.5 Å². The highest BCUT2D eigenvalue weighted by Gasteiger charge is 2.36. The summed E-state index contributed by atoms with van der Waals surface area (Å²) in [7, 11) is 0. The number of rotatable bonds is 8. The Morgan fingerprint density at radius 2 is 1.27 bits per heavy atom. The molecule has 2 aliphatic rings. The van der Waals surface area contributed by atoms with E-state index in [2.05, 4.69) is 13.8 Å². The second-order valence-electron chi connectivity index (χ2n) is 7.22. The van der Waals surface area contributed by atoms with Gasteiger partial charge in [-0.1, -0.05) is 13.8 Å². The molecule has 142 valence electrons. The van der Waals surface area contributed by atoms with Crippen LogP contribution in [0, 0.1) is 11.8 Å². The van der Waals surface area contributed by atoms with Crippen molar-refractivity contribution in [2.45, 2.75) is 51.7 Å². The fourth-order valence-corrected chi connectivity index (χ4v) is 3.91. The topological polar surface area (TPSA) is 93.1 Å². The van der Waals surface area contributed by atoms with Crippen LogP contribution in [0.25, 0.3) is 0 Å². The summed E-state index contributed by atoms with van der Waals surface area (Å²) in [5.74, 6) is -1.29. The Labute approximate surface area is 153 Å². The van der Waals surface area contributed by atoms with Crippen molar-refractivity contribution in [3.05, 3.63) is 34.4 Å². The molecular formula is C20H26O6. The van der Waals surface area contributed by atoms with E-state index < -0.39 is 11.9 Å². The van der Waals surface area contributed by atoms with Crippen molar-refractivity contribution in [1.29, 1.82) is 0 Å². The van der Waals surface area contributed by atoms with E-state index in [4.69, 9.17) is 9.47 Å². The van der Waals surface area contributed by atoms with Crippen LogP contribution in [0.5, 0.6) is 0 Å². The van der Waals surface area contributed by atoms with Crippen LogP contribution in [0.2, 0.25) is 0 Å². The van der Waals surface area contributed by atoms with Gasteiger partial charge >= 0.3 is 11.9 Å². The van der Waals surface area contributed by atoms with Crippen molar-refractivity contribution < 1.29 is 29.3 Å². The molecule has 1 aromatic rings. The molecule has 2 heterocycles. The zero-order valence-corrected chi connectivity index (χ0v) is 15.2. The molecule has 6 heteroatoms. The zero-order chi connectivity index (χ0) is 18.8. The van der Waals surface area contributed by atoms with E-state index in [0.29, 0.717) is 49.0 Å². The SMILES string of the molecule is CCC1COC1Cc1c(C(=O)O)ccc(C(=O)O)c1CC1OCC1CC. The van der Waals surface area contributed by atoms with Gasteiger partial charge in [-0.3, -0.25) is 0 Å². The van der Waals surface area contributed by atoms with Gasteiger partial charge < -0.3 is 19.7 Å². The van der Waals surface area contributed by atoms with Gasteiger partial charge in [-0.05, 0) is 36.1 Å². The third kappa shape index (κ3) is 3.48. The lowest BCUT2D eigenvalue weighted by Crippen LogP contribution is -2.43. The number of carbonyl (C=O) groups is 2. The molecule has 2 saturated heterocycles. The van der Waals surface area contributed by atoms with E-state index in [0.717, 1.165) is 12.8 Å². The Kier molecular flexibility index (Phi) is 5.63. The molecule has 4 unspecified atom stereocenters. The molecule has 2 N–H and O–H groups in total. The summed E-state index contributed by atoms with van der Waals surface area (Å²) < 4.78 is 11.3. The van der Waals surface area contributed by atoms with Crippen LogP contribution in [-0.4, -0.2) is 47.6 Å². The van der Waals surface area contributed by atoms with Gasteiger partial charge in [0.25, 0.3) is 0 Å². The van der Waals surface area contributed by atoms with Crippen LogP contribution in [0.15, 0.2) is 12.1 Å². The number of ether oxygens (including phenoxy) is 2. The highest BCUT2D eigenvalue weighted by molar-refractivity contribution is 5.95. The molecule has 0 radical (unpaired) electrons. The molecule has 0 spiro atoms. The maximum atomic E-state index is 11.8. The minimum atomic E-state index is -1.04. The van der Waals surface area contributed by atoms with E-state index in [1.165, 1.54) is 12.1 Å². The standard InChI is InChI=1S/C20H26O6/c1-3-11-9-25-17(11)7-15-13(19(21)22)5-6-14(20(23)24)16(15)8-18-12(4-2)10-26-18/h5-6,11-12,17-18H,3-4,7-10H2,1-2H3,(H,21,22)(H,23,24). The van der Waals surface area contributed by atoms with Crippen molar-refractivity contribution in [2.75, 3.05) is 13.2 Å². The molecule has 4 atom stereocenters. The maximum Gasteiger partial charge on any atom is 0.335 e. The summed E-state index contributed by atoms with van der Waals surface area (Å²) in [6.45, 7) is 5.53. The zero-order valence-electron chi connectivity index (χ0n) is 15.2. The summed E-state index contributed by atoms with van der Waals surface area (Å²) in [5, 5.41) is 19.3. The normalized spacial score (nSPS) is 27.5. The molecule has 0 amide bonds. The van der Waals surface area contributed by atoms with Crippen LogP contribution >= 0.6 is 0 Å². The molecule has 2 aliphatic heterocycles. The molecular weight excluding hydrogens is 336 g/mol. The van der Waals surface area contributed by atoms with Crippen LogP contribution in [0.3, 0.4) is 0 Å². The number of aromatic carboxylic acids is 2. The number of benzene rings is 1. The van der Waals surface area contributed by atoms with Crippen molar-refractivity contribution >= 4 is 11.9 Å². The lowest BCUT2D eigenvalue weighted by Gasteiger charge is -2.39. The number of carboxylic acid groups (broad SMARTS) is 2. The smallest absolute Gasteiger partial charge is 0.335 e. The Morgan fingerprint density at radius 1 is 0.885 bits per heavy atom. The minimum Gasteiger partial charge on any atom is -0.478 e. The summed E-state index contributed by atoms with van der Waals surface area (Å²) in [6.07, 6.45) is 2.69. The molecule has 0 aromatic heterocycles. The van der Waals surface area contributed by atoms with Crippen molar-refractivity contribution in [3.63, 3.8) is 0 Å². The number of carboxylic acids is 2. The summed E-state index contributed by atoms with van der Waals surface area (Å²) in [4.78, 5) is 23.5. The summed E-state index contributed by atoms with van der Waals surface area (Å²) in [5.41, 5.74) is 1.52. The lowest BCUT2D eigenvalue weighted by molar-refractivity contribution is -0.117. The first-order valence-corrected chi connectivity index (χ1v) is 9.30. The predicted octanol–water partition coefficient (Wildman–Crippen LogP) is 3.02. The molecule has 0 aliphatic carbocycles. The molecule has 0 bridgehead atoms. The van der Waals surface area contributed by atoms with Gasteiger partial charge in [-0.15, -0.1) is 0 Å². The van der Waals surface area contributed by atoms with E-state index in [-0.39, 0.29) is 23.3 Å².